The summed E-state index contributed by atoms with van der Waals surface area (Å²) in [5.41, 5.74) is 0.948. The number of hydrogen-bond acceptors (Lipinski definition) is 7. The third-order valence-electron chi connectivity index (χ3n) is 4.26. The van der Waals surface area contributed by atoms with E-state index in [9.17, 15) is 20.2 Å². The predicted octanol–water partition coefficient (Wildman–Crippen LogP) is 5.72. The zero-order chi connectivity index (χ0) is 21.2. The molecule has 2 N–H and O–H groups in total. The largest absolute Gasteiger partial charge is 0.452 e. The van der Waals surface area contributed by atoms with Gasteiger partial charge >= 0.3 is 0 Å². The van der Waals surface area contributed by atoms with Crippen LogP contribution >= 0.6 is 0 Å². The van der Waals surface area contributed by atoms with Crippen molar-refractivity contribution >= 4 is 22.7 Å². The maximum absolute atomic E-state index is 11.2. The number of nitro benzene ring substituents is 2. The van der Waals surface area contributed by atoms with Crippen LogP contribution in [0, 0.1) is 20.2 Å². The molecule has 29 heavy (non-hydrogen) atoms. The number of nitrogens with zero attached hydrogens (tertiary/aromatic N) is 2. The number of hydrogen-bond donors (Lipinski definition) is 2. The van der Waals surface area contributed by atoms with E-state index in [-0.39, 0.29) is 22.9 Å². The van der Waals surface area contributed by atoms with Gasteiger partial charge in [-0.25, -0.2) is 0 Å². The number of ether oxygens (including phenoxy) is 1. The molecule has 0 spiro atoms. The average Bonchev–Trinajstić information content (AvgIpc) is 2.70. The number of benzene rings is 2. The first-order valence-electron chi connectivity index (χ1n) is 9.68. The lowest BCUT2D eigenvalue weighted by atomic mass is 10.2. The molecule has 2 aromatic rings. The lowest BCUT2D eigenvalue weighted by Crippen LogP contribution is -2.05. The Labute approximate surface area is 169 Å². The summed E-state index contributed by atoms with van der Waals surface area (Å²) < 4.78 is 5.95. The van der Waals surface area contributed by atoms with E-state index in [1.807, 2.05) is 0 Å². The number of anilines is 2. The summed E-state index contributed by atoms with van der Waals surface area (Å²) in [6.07, 6.45) is 3.84. The fourth-order valence-corrected chi connectivity index (χ4v) is 2.63. The summed E-state index contributed by atoms with van der Waals surface area (Å²) in [6, 6.07) is 8.62. The highest BCUT2D eigenvalue weighted by molar-refractivity contribution is 5.66. The predicted molar refractivity (Wildman–Crippen MR) is 113 cm³/mol. The van der Waals surface area contributed by atoms with E-state index in [0.717, 1.165) is 25.7 Å². The van der Waals surface area contributed by atoms with Gasteiger partial charge in [-0.3, -0.25) is 20.2 Å². The maximum atomic E-state index is 11.2. The molecule has 0 saturated carbocycles. The first kappa shape index (κ1) is 21.9. The van der Waals surface area contributed by atoms with Gasteiger partial charge in [0.15, 0.2) is 11.5 Å². The van der Waals surface area contributed by atoms with Crippen molar-refractivity contribution in [3.8, 4) is 11.5 Å². The second-order valence-corrected chi connectivity index (χ2v) is 6.54. The Morgan fingerprint density at radius 2 is 1.21 bits per heavy atom. The zero-order valence-corrected chi connectivity index (χ0v) is 16.6. The molecule has 9 heteroatoms. The summed E-state index contributed by atoms with van der Waals surface area (Å²) >= 11 is 0. The van der Waals surface area contributed by atoms with Gasteiger partial charge in [-0.2, -0.15) is 0 Å². The van der Waals surface area contributed by atoms with Crippen molar-refractivity contribution in [2.75, 3.05) is 23.7 Å². The van der Waals surface area contributed by atoms with E-state index in [1.54, 1.807) is 12.1 Å². The fraction of sp³-hybridized carbons (Fsp3) is 0.400. The van der Waals surface area contributed by atoms with Crippen molar-refractivity contribution in [1.29, 1.82) is 0 Å². The fourth-order valence-electron chi connectivity index (χ4n) is 2.63. The molecule has 9 nitrogen and oxygen atoms in total. The smallest absolute Gasteiger partial charge is 0.273 e. The van der Waals surface area contributed by atoms with Gasteiger partial charge in [0, 0.05) is 25.2 Å². The summed E-state index contributed by atoms with van der Waals surface area (Å²) in [7, 11) is 0. The molecule has 0 aromatic heterocycles. The lowest BCUT2D eigenvalue weighted by molar-refractivity contribution is -0.384. The Balaban J connectivity index is 2.40. The number of non-ortho nitro benzene ring substituents is 2. The summed E-state index contributed by atoms with van der Waals surface area (Å²) in [5, 5.41) is 28.8. The minimum absolute atomic E-state index is 0.119. The molecule has 0 unspecified atom stereocenters. The normalized spacial score (nSPS) is 10.4. The van der Waals surface area contributed by atoms with Crippen molar-refractivity contribution in [2.45, 2.75) is 39.5 Å². The molecule has 2 rings (SSSR count). The van der Waals surface area contributed by atoms with Crippen LogP contribution in [0.4, 0.5) is 22.7 Å². The second-order valence-electron chi connectivity index (χ2n) is 6.54. The molecule has 0 bridgehead atoms. The minimum Gasteiger partial charge on any atom is -0.452 e. The van der Waals surface area contributed by atoms with Crippen LogP contribution in [0.1, 0.15) is 39.5 Å². The van der Waals surface area contributed by atoms with Crippen LogP contribution < -0.4 is 15.4 Å². The van der Waals surface area contributed by atoms with E-state index in [0.29, 0.717) is 24.5 Å². The maximum Gasteiger partial charge on any atom is 0.273 e. The third kappa shape index (κ3) is 6.34. The molecule has 0 fully saturated rings. The van der Waals surface area contributed by atoms with Crippen molar-refractivity contribution in [1.82, 2.24) is 0 Å². The highest BCUT2D eigenvalue weighted by Crippen LogP contribution is 2.38. The first-order valence-corrected chi connectivity index (χ1v) is 9.68. The van der Waals surface area contributed by atoms with Gasteiger partial charge in [-0.15, -0.1) is 0 Å². The molecular weight excluding hydrogens is 376 g/mol. The molecule has 0 heterocycles. The molecule has 0 atom stereocenters. The van der Waals surface area contributed by atoms with Crippen LogP contribution in [-0.4, -0.2) is 22.9 Å². The molecule has 0 radical (unpaired) electrons. The summed E-state index contributed by atoms with van der Waals surface area (Å²) in [5.74, 6) is 0.490. The average molecular weight is 402 g/mol. The van der Waals surface area contributed by atoms with E-state index in [2.05, 4.69) is 24.5 Å². The molecule has 0 aliphatic heterocycles. The van der Waals surface area contributed by atoms with E-state index < -0.39 is 9.85 Å². The molecule has 0 saturated heterocycles. The van der Waals surface area contributed by atoms with Crippen LogP contribution in [-0.2, 0) is 0 Å². The third-order valence-corrected chi connectivity index (χ3v) is 4.26. The van der Waals surface area contributed by atoms with Crippen LogP contribution in [0.5, 0.6) is 11.5 Å². The zero-order valence-electron chi connectivity index (χ0n) is 16.6. The quantitative estimate of drug-likeness (QED) is 0.265. The van der Waals surface area contributed by atoms with Gasteiger partial charge in [-0.1, -0.05) is 26.7 Å². The van der Waals surface area contributed by atoms with Crippen LogP contribution in [0.25, 0.3) is 0 Å². The number of unbranched alkanes of at least 4 members (excludes halogenated alkanes) is 2. The number of nitrogens with one attached hydrogen (secondary N) is 2. The highest BCUT2D eigenvalue weighted by Gasteiger charge is 2.17. The lowest BCUT2D eigenvalue weighted by Gasteiger charge is -2.16. The van der Waals surface area contributed by atoms with Gasteiger partial charge in [0.2, 0.25) is 0 Å². The van der Waals surface area contributed by atoms with Crippen LogP contribution in [0.2, 0.25) is 0 Å². The first-order chi connectivity index (χ1) is 14.0. The van der Waals surface area contributed by atoms with Gasteiger partial charge in [-0.05, 0) is 25.0 Å². The Hall–Kier alpha value is -3.36. The van der Waals surface area contributed by atoms with Crippen molar-refractivity contribution in [3.63, 3.8) is 0 Å². The second kappa shape index (κ2) is 10.8. The molecule has 2 aromatic carbocycles. The monoisotopic (exact) mass is 402 g/mol. The summed E-state index contributed by atoms with van der Waals surface area (Å²) in [4.78, 5) is 21.4. The summed E-state index contributed by atoms with van der Waals surface area (Å²) in [6.45, 7) is 5.49. The molecule has 0 aliphatic carbocycles. The molecular formula is C20H26N4O5. The van der Waals surface area contributed by atoms with E-state index in [4.69, 9.17) is 4.74 Å². The van der Waals surface area contributed by atoms with Crippen molar-refractivity contribution in [2.24, 2.45) is 0 Å². The Bertz CT molecular complexity index is 787. The van der Waals surface area contributed by atoms with Gasteiger partial charge in [0.1, 0.15) is 0 Å². The number of nitro groups is 2. The van der Waals surface area contributed by atoms with Gasteiger partial charge in [0.05, 0.1) is 33.4 Å². The highest BCUT2D eigenvalue weighted by atomic mass is 16.6. The molecule has 0 amide bonds. The van der Waals surface area contributed by atoms with Gasteiger partial charge in [0.25, 0.3) is 11.4 Å². The molecule has 0 aliphatic rings. The van der Waals surface area contributed by atoms with E-state index >= 15 is 0 Å². The Morgan fingerprint density at radius 1 is 0.793 bits per heavy atom. The Morgan fingerprint density at radius 3 is 1.55 bits per heavy atom. The van der Waals surface area contributed by atoms with E-state index in [1.165, 1.54) is 24.3 Å². The number of rotatable bonds is 12. The minimum atomic E-state index is -0.503. The van der Waals surface area contributed by atoms with Crippen LogP contribution in [0.15, 0.2) is 36.4 Å². The van der Waals surface area contributed by atoms with Crippen LogP contribution in [0.3, 0.4) is 0 Å². The topological polar surface area (TPSA) is 120 Å². The van der Waals surface area contributed by atoms with Gasteiger partial charge < -0.3 is 15.4 Å². The van der Waals surface area contributed by atoms with Crippen molar-refractivity contribution < 1.29 is 14.6 Å². The Kier molecular flexibility index (Phi) is 8.20. The SMILES string of the molecule is CCCCNc1ccc([N+](=O)[O-])cc1Oc1cc([N+](=O)[O-])ccc1NCCCC. The molecule has 156 valence electrons. The standard InChI is InChI=1S/C20H26N4O5/c1-3-5-11-21-17-9-7-15(23(25)26)13-19(17)29-20-14-16(24(27)28)8-10-18(20)22-12-6-4-2/h7-10,13-14,21-22H,3-6,11-12H2,1-2H3. The van der Waals surface area contributed by atoms with Crippen molar-refractivity contribution in [3.05, 3.63) is 56.6 Å².